The number of aromatic nitrogens is 1. The minimum absolute atomic E-state index is 0.127. The lowest BCUT2D eigenvalue weighted by Gasteiger charge is -2.07. The van der Waals surface area contributed by atoms with Gasteiger partial charge in [-0.15, -0.1) is 0 Å². The van der Waals surface area contributed by atoms with Crippen LogP contribution in [0.1, 0.15) is 18.2 Å². The third-order valence-electron chi connectivity index (χ3n) is 3.75. The van der Waals surface area contributed by atoms with Gasteiger partial charge in [0.2, 0.25) is 5.88 Å². The molecule has 1 heterocycles. The lowest BCUT2D eigenvalue weighted by Crippen LogP contribution is -2.13. The van der Waals surface area contributed by atoms with Crippen molar-refractivity contribution in [3.63, 3.8) is 0 Å². The van der Waals surface area contributed by atoms with E-state index in [1.807, 2.05) is 30.3 Å². The largest absolute Gasteiger partial charge is 0.406 e. The van der Waals surface area contributed by atoms with Crippen LogP contribution in [0.4, 0.5) is 5.13 Å². The van der Waals surface area contributed by atoms with Crippen LogP contribution in [-0.4, -0.2) is 19.4 Å². The Kier molecular flexibility index (Phi) is 5.57. The van der Waals surface area contributed by atoms with Gasteiger partial charge in [-0.25, -0.2) is 8.42 Å². The number of ether oxygens (including phenoxy) is 1. The zero-order valence-electron chi connectivity index (χ0n) is 14.8. The van der Waals surface area contributed by atoms with Crippen molar-refractivity contribution < 1.29 is 17.9 Å². The van der Waals surface area contributed by atoms with E-state index in [-0.39, 0.29) is 22.3 Å². The van der Waals surface area contributed by atoms with Gasteiger partial charge >= 0.3 is 5.97 Å². The predicted molar refractivity (Wildman–Crippen MR) is 105 cm³/mol. The number of hydrogen-bond donors (Lipinski definition) is 1. The third kappa shape index (κ3) is 4.53. The van der Waals surface area contributed by atoms with Crippen LogP contribution >= 0.6 is 11.3 Å². The zero-order chi connectivity index (χ0) is 19.4. The van der Waals surface area contributed by atoms with E-state index < -0.39 is 16.0 Å². The van der Waals surface area contributed by atoms with Crippen molar-refractivity contribution >= 4 is 32.5 Å². The number of thiazole rings is 1. The molecule has 0 saturated carbocycles. The normalized spacial score (nSPS) is 11.2. The molecule has 140 valence electrons. The quantitative estimate of drug-likeness (QED) is 0.624. The van der Waals surface area contributed by atoms with Gasteiger partial charge in [-0.1, -0.05) is 60.7 Å². The Hall–Kier alpha value is -2.71. The highest BCUT2D eigenvalue weighted by atomic mass is 32.2. The van der Waals surface area contributed by atoms with Gasteiger partial charge in [0.1, 0.15) is 0 Å². The summed E-state index contributed by atoms with van der Waals surface area (Å²) >= 11 is 1.11. The number of aryl methyl sites for hydroxylation is 1. The summed E-state index contributed by atoms with van der Waals surface area (Å²) in [6.45, 7) is 3.38. The van der Waals surface area contributed by atoms with Crippen LogP contribution in [-0.2, 0) is 14.8 Å². The maximum Gasteiger partial charge on any atom is 0.312 e. The molecule has 1 N–H and O–H groups in total. The summed E-state index contributed by atoms with van der Waals surface area (Å²) in [5.41, 5.74) is 1.93. The maximum atomic E-state index is 12.6. The highest BCUT2D eigenvalue weighted by molar-refractivity contribution is 7.93. The van der Waals surface area contributed by atoms with Crippen LogP contribution in [0.5, 0.6) is 5.88 Å². The Labute approximate surface area is 161 Å². The molecule has 3 aromatic rings. The number of rotatable bonds is 6. The van der Waals surface area contributed by atoms with Crippen molar-refractivity contribution in [3.8, 4) is 17.0 Å². The first-order valence-corrected chi connectivity index (χ1v) is 10.6. The zero-order valence-corrected chi connectivity index (χ0v) is 16.4. The van der Waals surface area contributed by atoms with Gasteiger partial charge < -0.3 is 4.74 Å². The number of nitrogens with zero attached hydrogens (tertiary/aromatic N) is 1. The van der Waals surface area contributed by atoms with Gasteiger partial charge in [0.25, 0.3) is 10.0 Å². The second kappa shape index (κ2) is 7.89. The number of hydrogen-bond acceptors (Lipinski definition) is 6. The van der Waals surface area contributed by atoms with E-state index in [1.54, 1.807) is 38.1 Å². The molecule has 2 aromatic carbocycles. The molecule has 1 aromatic heterocycles. The molecule has 0 amide bonds. The predicted octanol–water partition coefficient (Wildman–Crippen LogP) is 4.23. The summed E-state index contributed by atoms with van der Waals surface area (Å²) in [5, 5.41) is 0.151. The number of anilines is 1. The molecule has 0 fully saturated rings. The van der Waals surface area contributed by atoms with Crippen molar-refractivity contribution in [1.29, 1.82) is 0 Å². The molecule has 0 aliphatic carbocycles. The van der Waals surface area contributed by atoms with Gasteiger partial charge in [-0.3, -0.25) is 9.52 Å². The van der Waals surface area contributed by atoms with E-state index >= 15 is 0 Å². The smallest absolute Gasteiger partial charge is 0.312 e. The number of benzene rings is 2. The summed E-state index contributed by atoms with van der Waals surface area (Å²) in [4.78, 5) is 16.2. The number of sulfonamides is 1. The molecule has 0 saturated heterocycles. The molecule has 6 nitrogen and oxygen atoms in total. The lowest BCUT2D eigenvalue weighted by molar-refractivity contribution is -0.134. The summed E-state index contributed by atoms with van der Waals surface area (Å²) in [6.07, 6.45) is 0.214. The van der Waals surface area contributed by atoms with Gasteiger partial charge in [-0.2, -0.15) is 4.98 Å². The van der Waals surface area contributed by atoms with Crippen molar-refractivity contribution in [3.05, 3.63) is 59.5 Å². The Bertz CT molecular complexity index is 1040. The SMILES string of the molecule is CCC(=O)Oc1nc(NS(=O)(=O)c2ccc(-c3ccccc3)cc2)sc1C. The fourth-order valence-corrected chi connectivity index (χ4v) is 4.31. The Balaban J connectivity index is 1.79. The molecular weight excluding hydrogens is 384 g/mol. The molecular formula is C19H18N2O4S2. The lowest BCUT2D eigenvalue weighted by atomic mass is 10.1. The number of carbonyl (C=O) groups is 1. The molecule has 27 heavy (non-hydrogen) atoms. The van der Waals surface area contributed by atoms with Crippen LogP contribution in [0.2, 0.25) is 0 Å². The van der Waals surface area contributed by atoms with Crippen LogP contribution in [0, 0.1) is 6.92 Å². The molecule has 8 heteroatoms. The van der Waals surface area contributed by atoms with Crippen molar-refractivity contribution in [2.75, 3.05) is 4.72 Å². The van der Waals surface area contributed by atoms with Crippen molar-refractivity contribution in [2.45, 2.75) is 25.2 Å². The van der Waals surface area contributed by atoms with Gasteiger partial charge in [0.05, 0.1) is 9.77 Å². The molecule has 0 aliphatic rings. The van der Waals surface area contributed by atoms with Crippen LogP contribution < -0.4 is 9.46 Å². The Morgan fingerprint density at radius 3 is 2.33 bits per heavy atom. The molecule has 3 rings (SSSR count). The maximum absolute atomic E-state index is 12.6. The Morgan fingerprint density at radius 2 is 1.70 bits per heavy atom. The van der Waals surface area contributed by atoms with Crippen molar-refractivity contribution in [1.82, 2.24) is 4.98 Å². The van der Waals surface area contributed by atoms with Gasteiger partial charge in [0, 0.05) is 6.42 Å². The fraction of sp³-hybridized carbons (Fsp3) is 0.158. The summed E-state index contributed by atoms with van der Waals surface area (Å²) in [7, 11) is -3.79. The monoisotopic (exact) mass is 402 g/mol. The van der Waals surface area contributed by atoms with E-state index in [2.05, 4.69) is 9.71 Å². The first kappa shape index (κ1) is 19.1. The van der Waals surface area contributed by atoms with Crippen molar-refractivity contribution in [2.24, 2.45) is 0 Å². The first-order valence-electron chi connectivity index (χ1n) is 8.25. The second-order valence-corrected chi connectivity index (χ2v) is 8.59. The van der Waals surface area contributed by atoms with Crippen LogP contribution in [0.15, 0.2) is 59.5 Å². The standard InChI is InChI=1S/C19H18N2O4S2/c1-3-17(22)25-18-13(2)26-19(20-18)21-27(23,24)16-11-9-15(10-12-16)14-7-5-4-6-8-14/h4-12H,3H2,1-2H3,(H,20,21). The topological polar surface area (TPSA) is 85.4 Å². The fourth-order valence-electron chi connectivity index (χ4n) is 2.33. The van der Waals surface area contributed by atoms with Crippen LogP contribution in [0.25, 0.3) is 11.1 Å². The number of nitrogens with one attached hydrogen (secondary N) is 1. The third-order valence-corrected chi connectivity index (χ3v) is 6.10. The van der Waals surface area contributed by atoms with E-state index in [9.17, 15) is 13.2 Å². The van der Waals surface area contributed by atoms with E-state index in [0.717, 1.165) is 22.5 Å². The molecule has 0 radical (unpaired) electrons. The summed E-state index contributed by atoms with van der Waals surface area (Å²) in [6, 6.07) is 16.3. The van der Waals surface area contributed by atoms with Crippen LogP contribution in [0.3, 0.4) is 0 Å². The molecule has 0 spiro atoms. The van der Waals surface area contributed by atoms with E-state index in [1.165, 1.54) is 0 Å². The minimum atomic E-state index is -3.79. The Morgan fingerprint density at radius 1 is 1.07 bits per heavy atom. The summed E-state index contributed by atoms with van der Waals surface area (Å²) in [5.74, 6) is -0.293. The number of carbonyl (C=O) groups excluding carboxylic acids is 1. The van der Waals surface area contributed by atoms with Gasteiger partial charge in [0.15, 0.2) is 5.13 Å². The minimum Gasteiger partial charge on any atom is -0.406 e. The average Bonchev–Trinajstić information content (AvgIpc) is 3.00. The highest BCUT2D eigenvalue weighted by Gasteiger charge is 2.19. The summed E-state index contributed by atoms with van der Waals surface area (Å²) < 4.78 is 32.7. The molecule has 0 aliphatic heterocycles. The van der Waals surface area contributed by atoms with Gasteiger partial charge in [-0.05, 0) is 30.2 Å². The average molecular weight is 402 g/mol. The van der Waals surface area contributed by atoms with E-state index in [0.29, 0.717) is 4.88 Å². The molecule has 0 unspecified atom stereocenters. The highest BCUT2D eigenvalue weighted by Crippen LogP contribution is 2.30. The number of esters is 1. The second-order valence-electron chi connectivity index (χ2n) is 5.70. The first-order chi connectivity index (χ1) is 12.9. The van der Waals surface area contributed by atoms with E-state index in [4.69, 9.17) is 4.74 Å². The molecule has 0 bridgehead atoms. The molecule has 0 atom stereocenters.